The van der Waals surface area contributed by atoms with Gasteiger partial charge in [0, 0.05) is 40.2 Å². The van der Waals surface area contributed by atoms with E-state index in [0.29, 0.717) is 39.4 Å². The fourth-order valence-corrected chi connectivity index (χ4v) is 5.67. The van der Waals surface area contributed by atoms with Crippen LogP contribution >= 0.6 is 0 Å². The molecule has 1 aromatic heterocycles. The first-order valence-electron chi connectivity index (χ1n) is 14.0. The fourth-order valence-electron chi connectivity index (χ4n) is 5.67. The zero-order valence-electron chi connectivity index (χ0n) is 23.5. The molecule has 0 spiro atoms. The highest BCUT2D eigenvalue weighted by atomic mass is 16.5. The minimum absolute atomic E-state index is 0.0371. The Labute approximate surface area is 243 Å². The lowest BCUT2D eigenvalue weighted by Gasteiger charge is -2.18. The number of hydrogen-bond donors (Lipinski definition) is 3. The van der Waals surface area contributed by atoms with Crippen molar-refractivity contribution in [2.24, 2.45) is 0 Å². The van der Waals surface area contributed by atoms with Crippen LogP contribution in [-0.4, -0.2) is 24.9 Å². The summed E-state index contributed by atoms with van der Waals surface area (Å²) >= 11 is 0. The molecule has 0 fully saturated rings. The van der Waals surface area contributed by atoms with E-state index < -0.39 is 5.97 Å². The Bertz CT molecular complexity index is 1700. The Hall–Kier alpha value is -5.11. The van der Waals surface area contributed by atoms with Crippen LogP contribution in [0.2, 0.25) is 0 Å². The van der Waals surface area contributed by atoms with Crippen molar-refractivity contribution in [1.29, 1.82) is 0 Å². The van der Waals surface area contributed by atoms with Gasteiger partial charge in [-0.25, -0.2) is 4.79 Å². The number of benzene rings is 3. The van der Waals surface area contributed by atoms with Crippen molar-refractivity contribution in [3.63, 3.8) is 0 Å². The highest BCUT2D eigenvalue weighted by molar-refractivity contribution is 6.35. The van der Waals surface area contributed by atoms with Gasteiger partial charge >= 0.3 is 5.97 Å². The van der Waals surface area contributed by atoms with E-state index >= 15 is 0 Å². The van der Waals surface area contributed by atoms with Crippen molar-refractivity contribution < 1.29 is 23.5 Å². The van der Waals surface area contributed by atoms with E-state index in [4.69, 9.17) is 9.15 Å². The third-order valence-electron chi connectivity index (χ3n) is 7.73. The number of para-hydroxylation sites is 1. The number of furan rings is 1. The van der Waals surface area contributed by atoms with Crippen molar-refractivity contribution in [2.75, 3.05) is 23.1 Å². The van der Waals surface area contributed by atoms with Crippen molar-refractivity contribution in [3.8, 4) is 0 Å². The van der Waals surface area contributed by atoms with Gasteiger partial charge in [-0.15, -0.1) is 0 Å². The first kappa shape index (κ1) is 27.1. The molecular formula is C34H31N3O5. The highest BCUT2D eigenvalue weighted by Gasteiger charge is 2.29. The van der Waals surface area contributed by atoms with Crippen LogP contribution in [0.1, 0.15) is 74.7 Å². The van der Waals surface area contributed by atoms with E-state index in [1.54, 1.807) is 42.5 Å². The second-order valence-electron chi connectivity index (χ2n) is 10.5. The summed E-state index contributed by atoms with van der Waals surface area (Å²) in [7, 11) is 1.31. The van der Waals surface area contributed by atoms with Gasteiger partial charge in [-0.3, -0.25) is 9.59 Å². The molecule has 0 saturated heterocycles. The van der Waals surface area contributed by atoms with Gasteiger partial charge in [0.1, 0.15) is 11.5 Å². The highest BCUT2D eigenvalue weighted by Crippen LogP contribution is 2.40. The predicted molar refractivity (Wildman–Crippen MR) is 163 cm³/mol. The lowest BCUT2D eigenvalue weighted by molar-refractivity contribution is -0.110. The molecule has 0 saturated carbocycles. The SMILES string of the molecule is COC(=O)c1ccc(C(=O)Nc2ccc3c(c2)C(=Cc2oc4c(c2C(C)Nc2ccccc2)CCCC4)C(=O)N3)cc1. The number of hydrogen-bond acceptors (Lipinski definition) is 6. The van der Waals surface area contributed by atoms with E-state index in [-0.39, 0.29) is 17.9 Å². The molecule has 8 nitrogen and oxygen atoms in total. The Morgan fingerprint density at radius 1 is 0.952 bits per heavy atom. The number of nitrogens with one attached hydrogen (secondary N) is 3. The van der Waals surface area contributed by atoms with E-state index in [9.17, 15) is 14.4 Å². The zero-order valence-corrected chi connectivity index (χ0v) is 23.5. The van der Waals surface area contributed by atoms with Crippen LogP contribution < -0.4 is 16.0 Å². The monoisotopic (exact) mass is 561 g/mol. The van der Waals surface area contributed by atoms with Crippen molar-refractivity contribution >= 4 is 46.5 Å². The molecule has 6 rings (SSSR count). The fraction of sp³-hybridized carbons (Fsp3) is 0.206. The third kappa shape index (κ3) is 5.31. The Kier molecular flexibility index (Phi) is 7.35. The smallest absolute Gasteiger partial charge is 0.337 e. The molecule has 2 heterocycles. The Morgan fingerprint density at radius 3 is 2.45 bits per heavy atom. The number of carbonyl (C=O) groups is 3. The molecule has 1 aliphatic heterocycles. The van der Waals surface area contributed by atoms with Gasteiger partial charge in [0.15, 0.2) is 0 Å². The number of rotatable bonds is 7. The first-order chi connectivity index (χ1) is 20.4. The average Bonchev–Trinajstić information content (AvgIpc) is 3.53. The lowest BCUT2D eigenvalue weighted by atomic mass is 9.91. The largest absolute Gasteiger partial charge is 0.465 e. The number of fused-ring (bicyclic) bond motifs is 2. The first-order valence-corrected chi connectivity index (χ1v) is 14.0. The average molecular weight is 562 g/mol. The van der Waals surface area contributed by atoms with E-state index in [1.807, 2.05) is 36.4 Å². The number of aryl methyl sites for hydroxylation is 1. The molecule has 3 N–H and O–H groups in total. The molecule has 2 aliphatic rings. The summed E-state index contributed by atoms with van der Waals surface area (Å²) in [6.07, 6.45) is 5.83. The maximum absolute atomic E-state index is 13.2. The van der Waals surface area contributed by atoms with Gasteiger partial charge in [-0.2, -0.15) is 0 Å². The van der Waals surface area contributed by atoms with Gasteiger partial charge in [0.05, 0.1) is 24.3 Å². The number of methoxy groups -OCH3 is 1. The number of carbonyl (C=O) groups excluding carboxylic acids is 3. The zero-order chi connectivity index (χ0) is 29.2. The molecule has 4 aromatic rings. The number of anilines is 3. The standard InChI is InChI=1S/C34H31N3O5/c1-20(35-23-8-4-3-5-9-23)31-25-10-6-7-11-29(25)42-30(31)19-27-26-18-24(16-17-28(26)37-33(27)39)36-32(38)21-12-14-22(15-13-21)34(40)41-2/h3-5,8-9,12-20,35H,6-7,10-11H2,1-2H3,(H,36,38)(H,37,39). The van der Waals surface area contributed by atoms with Crippen LogP contribution in [0.25, 0.3) is 11.6 Å². The van der Waals surface area contributed by atoms with Gasteiger partial charge < -0.3 is 25.1 Å². The molecule has 1 atom stereocenters. The molecule has 8 heteroatoms. The van der Waals surface area contributed by atoms with Gasteiger partial charge in [-0.1, -0.05) is 18.2 Å². The molecule has 2 amide bonds. The second kappa shape index (κ2) is 11.4. The van der Waals surface area contributed by atoms with Gasteiger partial charge in [0.2, 0.25) is 0 Å². The lowest BCUT2D eigenvalue weighted by Crippen LogP contribution is -2.12. The Morgan fingerprint density at radius 2 is 1.69 bits per heavy atom. The van der Waals surface area contributed by atoms with Crippen LogP contribution in [-0.2, 0) is 22.4 Å². The molecule has 1 aliphatic carbocycles. The van der Waals surface area contributed by atoms with Gasteiger partial charge in [-0.05, 0) is 92.4 Å². The second-order valence-corrected chi connectivity index (χ2v) is 10.5. The van der Waals surface area contributed by atoms with Crippen LogP contribution in [0.5, 0.6) is 0 Å². The maximum atomic E-state index is 13.2. The number of esters is 1. The summed E-state index contributed by atoms with van der Waals surface area (Å²) in [6, 6.07) is 21.5. The van der Waals surface area contributed by atoms with Gasteiger partial charge in [0.25, 0.3) is 11.8 Å². The summed E-state index contributed by atoms with van der Waals surface area (Å²) in [5.41, 5.74) is 6.42. The minimum Gasteiger partial charge on any atom is -0.465 e. The summed E-state index contributed by atoms with van der Waals surface area (Å²) in [5, 5.41) is 9.41. The summed E-state index contributed by atoms with van der Waals surface area (Å²) in [6.45, 7) is 2.11. The van der Waals surface area contributed by atoms with Crippen molar-refractivity contribution in [3.05, 3.63) is 112 Å². The molecule has 42 heavy (non-hydrogen) atoms. The van der Waals surface area contributed by atoms with Crippen LogP contribution in [0.15, 0.2) is 77.2 Å². The third-order valence-corrected chi connectivity index (χ3v) is 7.73. The number of amides is 2. The van der Waals surface area contributed by atoms with Crippen LogP contribution in [0, 0.1) is 0 Å². The maximum Gasteiger partial charge on any atom is 0.337 e. The quantitative estimate of drug-likeness (QED) is 0.168. The van der Waals surface area contributed by atoms with Crippen molar-refractivity contribution in [1.82, 2.24) is 0 Å². The predicted octanol–water partition coefficient (Wildman–Crippen LogP) is 6.86. The summed E-state index contributed by atoms with van der Waals surface area (Å²) in [5.74, 6) is 0.633. The molecule has 3 aromatic carbocycles. The molecule has 1 unspecified atom stereocenters. The normalized spacial score (nSPS) is 15.4. The number of ether oxygens (including phenoxy) is 1. The molecule has 0 bridgehead atoms. The summed E-state index contributed by atoms with van der Waals surface area (Å²) < 4.78 is 11.1. The van der Waals surface area contributed by atoms with E-state index in [2.05, 4.69) is 22.9 Å². The van der Waals surface area contributed by atoms with Crippen molar-refractivity contribution in [2.45, 2.75) is 38.6 Å². The summed E-state index contributed by atoms with van der Waals surface area (Å²) in [4.78, 5) is 37.8. The van der Waals surface area contributed by atoms with E-state index in [0.717, 1.165) is 42.7 Å². The van der Waals surface area contributed by atoms with E-state index in [1.165, 1.54) is 12.7 Å². The molecule has 0 radical (unpaired) electrons. The topological polar surface area (TPSA) is 110 Å². The molecule has 212 valence electrons. The van der Waals surface area contributed by atoms with Crippen LogP contribution in [0.3, 0.4) is 0 Å². The Balaban J connectivity index is 1.30. The minimum atomic E-state index is -0.470. The van der Waals surface area contributed by atoms with Crippen LogP contribution in [0.4, 0.5) is 17.1 Å². The molecular weight excluding hydrogens is 530 g/mol.